The second-order valence-corrected chi connectivity index (χ2v) is 8.35. The van der Waals surface area contributed by atoms with E-state index in [1.54, 1.807) is 6.07 Å². The predicted molar refractivity (Wildman–Crippen MR) is 120 cm³/mol. The zero-order valence-electron chi connectivity index (χ0n) is 18.0. The summed E-state index contributed by atoms with van der Waals surface area (Å²) in [6.07, 6.45) is 6.18. The molecule has 166 valence electrons. The lowest BCUT2D eigenvalue weighted by molar-refractivity contribution is -0.249. The minimum Gasteiger partial charge on any atom is -0.316 e. The zero-order chi connectivity index (χ0) is 22.3. The number of aryl methyl sites for hydroxylation is 1. The Morgan fingerprint density at radius 2 is 1.58 bits per heavy atom. The topological polar surface area (TPSA) is 9.23 Å². The summed E-state index contributed by atoms with van der Waals surface area (Å²) in [6, 6.07) is 11.9. The molecule has 0 bridgehead atoms. The van der Waals surface area contributed by atoms with Crippen LogP contribution in [-0.2, 0) is 23.7 Å². The molecule has 1 fully saturated rings. The summed E-state index contributed by atoms with van der Waals surface area (Å²) in [5.74, 6) is -0.190. The highest BCUT2D eigenvalue weighted by Gasteiger charge is 2.36. The molecule has 31 heavy (non-hydrogen) atoms. The molecule has 0 radical (unpaired) electrons. The van der Waals surface area contributed by atoms with Crippen LogP contribution in [0.25, 0.3) is 0 Å². The summed E-state index contributed by atoms with van der Waals surface area (Å²) < 4.78 is 48.4. The third-order valence-corrected chi connectivity index (χ3v) is 6.22. The molecule has 0 N–H and O–H groups in total. The van der Waals surface area contributed by atoms with Gasteiger partial charge in [-0.15, -0.1) is 13.2 Å². The molecular weight excluding hydrogens is 397 g/mol. The van der Waals surface area contributed by atoms with E-state index in [-0.39, 0.29) is 12.5 Å². The SMILES string of the molecule is C=CCCc1ccc(CCOC(F)(F)c2ccc(C3CCC(C=C)CC3)cc2F)cc1. The average Bonchev–Trinajstić information content (AvgIpc) is 2.78. The van der Waals surface area contributed by atoms with Crippen LogP contribution in [-0.4, -0.2) is 6.61 Å². The molecule has 2 aromatic rings. The van der Waals surface area contributed by atoms with E-state index < -0.39 is 17.5 Å². The van der Waals surface area contributed by atoms with Crippen molar-refractivity contribution in [3.05, 3.63) is 95.8 Å². The lowest BCUT2D eigenvalue weighted by atomic mass is 9.78. The Kier molecular flexibility index (Phi) is 8.14. The van der Waals surface area contributed by atoms with E-state index in [1.165, 1.54) is 17.7 Å². The van der Waals surface area contributed by atoms with Gasteiger partial charge in [-0.25, -0.2) is 4.39 Å². The van der Waals surface area contributed by atoms with Crippen molar-refractivity contribution in [2.75, 3.05) is 6.61 Å². The second kappa shape index (κ2) is 10.8. The van der Waals surface area contributed by atoms with E-state index in [0.29, 0.717) is 12.3 Å². The van der Waals surface area contributed by atoms with E-state index >= 15 is 0 Å². The molecule has 0 saturated heterocycles. The normalized spacial score (nSPS) is 19.2. The van der Waals surface area contributed by atoms with Gasteiger partial charge in [-0.1, -0.05) is 42.5 Å². The van der Waals surface area contributed by atoms with Crippen LogP contribution in [0.15, 0.2) is 67.8 Å². The minimum atomic E-state index is -3.66. The molecule has 0 aromatic heterocycles. The predicted octanol–water partition coefficient (Wildman–Crippen LogP) is 7.71. The second-order valence-electron chi connectivity index (χ2n) is 8.35. The molecule has 1 saturated carbocycles. The van der Waals surface area contributed by atoms with Crippen LogP contribution in [0, 0.1) is 11.7 Å². The molecule has 0 heterocycles. The number of ether oxygens (including phenoxy) is 1. The Bertz CT molecular complexity index is 865. The number of hydrogen-bond acceptors (Lipinski definition) is 1. The van der Waals surface area contributed by atoms with Gasteiger partial charge in [0.15, 0.2) is 0 Å². The number of halogens is 3. The molecule has 4 heteroatoms. The van der Waals surface area contributed by atoms with E-state index in [4.69, 9.17) is 4.74 Å². The highest BCUT2D eigenvalue weighted by Crippen LogP contribution is 2.38. The van der Waals surface area contributed by atoms with Gasteiger partial charge in [0.25, 0.3) is 0 Å². The smallest absolute Gasteiger partial charge is 0.316 e. The van der Waals surface area contributed by atoms with Crippen LogP contribution >= 0.6 is 0 Å². The highest BCUT2D eigenvalue weighted by molar-refractivity contribution is 5.29. The van der Waals surface area contributed by atoms with Crippen LogP contribution in [0.1, 0.15) is 60.3 Å². The third kappa shape index (κ3) is 6.33. The number of rotatable bonds is 10. The largest absolute Gasteiger partial charge is 0.386 e. The monoisotopic (exact) mass is 428 g/mol. The maximum Gasteiger partial charge on any atom is 0.386 e. The maximum atomic E-state index is 14.6. The van der Waals surface area contributed by atoms with Crippen molar-refractivity contribution < 1.29 is 17.9 Å². The quantitative estimate of drug-likeness (QED) is 0.352. The van der Waals surface area contributed by atoms with Gasteiger partial charge in [-0.2, -0.15) is 8.78 Å². The third-order valence-electron chi connectivity index (χ3n) is 6.22. The fourth-order valence-electron chi connectivity index (χ4n) is 4.23. The fourth-order valence-corrected chi connectivity index (χ4v) is 4.23. The van der Waals surface area contributed by atoms with Crippen LogP contribution in [0.3, 0.4) is 0 Å². The van der Waals surface area contributed by atoms with Crippen molar-refractivity contribution in [2.45, 2.75) is 57.0 Å². The molecule has 3 rings (SSSR count). The molecule has 1 nitrogen and oxygen atoms in total. The van der Waals surface area contributed by atoms with Crippen LogP contribution < -0.4 is 0 Å². The van der Waals surface area contributed by atoms with Crippen molar-refractivity contribution in [1.29, 1.82) is 0 Å². The number of alkyl halides is 2. The minimum absolute atomic E-state index is 0.189. The Morgan fingerprint density at radius 3 is 2.16 bits per heavy atom. The van der Waals surface area contributed by atoms with Crippen LogP contribution in [0.2, 0.25) is 0 Å². The zero-order valence-corrected chi connectivity index (χ0v) is 18.0. The lowest BCUT2D eigenvalue weighted by Crippen LogP contribution is -2.22. The molecule has 1 aliphatic carbocycles. The van der Waals surface area contributed by atoms with E-state index in [0.717, 1.165) is 49.7 Å². The van der Waals surface area contributed by atoms with Crippen molar-refractivity contribution in [2.24, 2.45) is 5.92 Å². The Balaban J connectivity index is 1.56. The Morgan fingerprint density at radius 1 is 0.935 bits per heavy atom. The molecule has 0 aliphatic heterocycles. The van der Waals surface area contributed by atoms with Gasteiger partial charge in [0.1, 0.15) is 5.82 Å². The molecule has 0 spiro atoms. The van der Waals surface area contributed by atoms with Crippen LogP contribution in [0.5, 0.6) is 0 Å². The maximum absolute atomic E-state index is 14.6. The summed E-state index contributed by atoms with van der Waals surface area (Å²) in [6.45, 7) is 7.35. The summed E-state index contributed by atoms with van der Waals surface area (Å²) in [5.41, 5.74) is 2.17. The first-order chi connectivity index (χ1) is 14.9. The van der Waals surface area contributed by atoms with Crippen molar-refractivity contribution in [3.63, 3.8) is 0 Å². The lowest BCUT2D eigenvalue weighted by Gasteiger charge is -2.27. The van der Waals surface area contributed by atoms with Crippen molar-refractivity contribution in [1.82, 2.24) is 0 Å². The van der Waals surface area contributed by atoms with Gasteiger partial charge in [-0.05, 0) is 85.6 Å². The van der Waals surface area contributed by atoms with E-state index in [2.05, 4.69) is 13.2 Å². The van der Waals surface area contributed by atoms with E-state index in [1.807, 2.05) is 36.4 Å². The van der Waals surface area contributed by atoms with Gasteiger partial charge in [0.05, 0.1) is 12.2 Å². The average molecular weight is 429 g/mol. The van der Waals surface area contributed by atoms with Crippen molar-refractivity contribution in [3.8, 4) is 0 Å². The Hall–Kier alpha value is -2.33. The fraction of sp³-hybridized carbons (Fsp3) is 0.407. The Labute approximate surface area is 183 Å². The summed E-state index contributed by atoms with van der Waals surface area (Å²) in [4.78, 5) is 0. The molecule has 0 atom stereocenters. The van der Waals surface area contributed by atoms with Crippen molar-refractivity contribution >= 4 is 0 Å². The number of allylic oxidation sites excluding steroid dienone is 2. The first-order valence-electron chi connectivity index (χ1n) is 11.1. The highest BCUT2D eigenvalue weighted by atomic mass is 19.3. The molecular formula is C27H31F3O. The number of benzene rings is 2. The summed E-state index contributed by atoms with van der Waals surface area (Å²) >= 11 is 0. The summed E-state index contributed by atoms with van der Waals surface area (Å²) in [5, 5.41) is 0. The van der Waals surface area contributed by atoms with Gasteiger partial charge in [0.2, 0.25) is 0 Å². The molecule has 0 unspecified atom stereocenters. The van der Waals surface area contributed by atoms with Gasteiger partial charge < -0.3 is 4.74 Å². The van der Waals surface area contributed by atoms with Gasteiger partial charge >= 0.3 is 6.11 Å². The van der Waals surface area contributed by atoms with Gasteiger partial charge in [-0.3, -0.25) is 0 Å². The molecule has 2 aromatic carbocycles. The summed E-state index contributed by atoms with van der Waals surface area (Å²) in [7, 11) is 0. The first-order valence-corrected chi connectivity index (χ1v) is 11.1. The van der Waals surface area contributed by atoms with E-state index in [9.17, 15) is 13.2 Å². The van der Waals surface area contributed by atoms with Crippen LogP contribution in [0.4, 0.5) is 13.2 Å². The number of hydrogen-bond donors (Lipinski definition) is 0. The van der Waals surface area contributed by atoms with Gasteiger partial charge in [0, 0.05) is 0 Å². The molecule has 1 aliphatic rings. The first kappa shape index (κ1) is 23.3. The standard InChI is InChI=1S/C27H31F3O/c1-3-5-6-21-7-9-22(10-8-21)17-18-31-27(29,30)25-16-15-24(19-26(25)28)23-13-11-20(4-2)12-14-23/h3-4,7-10,15-16,19-20,23H,1-2,5-6,11-14,17-18H2. The molecule has 0 amide bonds.